The number of halogens is 2. The van der Waals surface area contributed by atoms with Crippen molar-refractivity contribution in [2.75, 3.05) is 47.5 Å². The fourth-order valence-electron chi connectivity index (χ4n) is 5.95. The van der Waals surface area contributed by atoms with Gasteiger partial charge in [-0.3, -0.25) is 9.59 Å². The highest BCUT2D eigenvalue weighted by atomic mass is 19.2. The van der Waals surface area contributed by atoms with Crippen molar-refractivity contribution in [1.29, 1.82) is 0 Å². The Morgan fingerprint density at radius 1 is 1.16 bits per heavy atom. The summed E-state index contributed by atoms with van der Waals surface area (Å²) in [6.45, 7) is 0.994. The Labute approximate surface area is 259 Å². The first-order valence-electron chi connectivity index (χ1n) is 14.5. The van der Waals surface area contributed by atoms with Gasteiger partial charge in [-0.2, -0.15) is 4.99 Å². The van der Waals surface area contributed by atoms with Crippen molar-refractivity contribution in [2.24, 2.45) is 10.9 Å². The van der Waals surface area contributed by atoms with E-state index in [0.29, 0.717) is 24.4 Å². The van der Waals surface area contributed by atoms with Gasteiger partial charge >= 0.3 is 24.0 Å². The summed E-state index contributed by atoms with van der Waals surface area (Å²) in [5.74, 6) is -5.41. The average molecular weight is 630 g/mol. The van der Waals surface area contributed by atoms with Crippen molar-refractivity contribution >= 4 is 29.7 Å². The Bertz CT molecular complexity index is 1460. The number of rotatable bonds is 11. The third-order valence-corrected chi connectivity index (χ3v) is 8.16. The summed E-state index contributed by atoms with van der Waals surface area (Å²) < 4.78 is 38.1. The zero-order valence-corrected chi connectivity index (χ0v) is 25.3. The highest BCUT2D eigenvalue weighted by molar-refractivity contribution is 6.12. The topological polar surface area (TPSA) is 150 Å². The van der Waals surface area contributed by atoms with Crippen LogP contribution >= 0.6 is 0 Å². The molecule has 1 fully saturated rings. The molecule has 0 spiro atoms. The third-order valence-electron chi connectivity index (χ3n) is 8.16. The number of hydrogen-bond acceptors (Lipinski definition) is 8. The zero-order valence-electron chi connectivity index (χ0n) is 25.3. The van der Waals surface area contributed by atoms with Gasteiger partial charge in [-0.25, -0.2) is 23.3 Å². The number of likely N-dealkylation sites (N-methyl/N-ethyl adjacent to an activating group) is 1. The Balaban J connectivity index is 1.48. The van der Waals surface area contributed by atoms with Crippen LogP contribution in [0.3, 0.4) is 0 Å². The number of imide groups is 1. The van der Waals surface area contributed by atoms with Gasteiger partial charge in [0.25, 0.3) is 0 Å². The predicted octanol–water partition coefficient (Wildman–Crippen LogP) is 3.08. The first-order valence-corrected chi connectivity index (χ1v) is 14.5. The molecule has 2 aromatic carbocycles. The van der Waals surface area contributed by atoms with Gasteiger partial charge in [-0.05, 0) is 55.3 Å². The monoisotopic (exact) mass is 629 g/mol. The second kappa shape index (κ2) is 15.1. The number of nitrogens with one attached hydrogen (secondary N) is 2. The molecule has 0 saturated carbocycles. The van der Waals surface area contributed by atoms with Crippen LogP contribution in [0, 0.1) is 17.6 Å². The number of carboxylic acid groups (broad SMARTS) is 1. The maximum Gasteiger partial charge on any atom is 0.352 e. The Hall–Kier alpha value is -4.27. The molecule has 0 aromatic heterocycles. The van der Waals surface area contributed by atoms with Crippen molar-refractivity contribution in [3.05, 3.63) is 70.8 Å². The number of carboxylic acids is 1. The normalized spacial score (nSPS) is 21.8. The van der Waals surface area contributed by atoms with Crippen molar-refractivity contribution in [2.45, 2.75) is 37.4 Å². The summed E-state index contributed by atoms with van der Waals surface area (Å²) in [6.07, 6.45) is 1.46. The summed E-state index contributed by atoms with van der Waals surface area (Å²) in [7, 11) is 4.37. The molecule has 0 aliphatic carbocycles. The minimum Gasteiger partial charge on any atom is -0.481 e. The van der Waals surface area contributed by atoms with Crippen LogP contribution in [-0.2, 0) is 25.5 Å². The van der Waals surface area contributed by atoms with Crippen LogP contribution in [0.4, 0.5) is 18.4 Å². The van der Waals surface area contributed by atoms with Gasteiger partial charge in [0.2, 0.25) is 0 Å². The number of nitrogens with zero attached hydrogens (tertiary/aromatic N) is 3. The van der Waals surface area contributed by atoms with Gasteiger partial charge in [-0.15, -0.1) is 0 Å². The smallest absolute Gasteiger partial charge is 0.352 e. The summed E-state index contributed by atoms with van der Waals surface area (Å²) in [6, 6.07) is 7.14. The van der Waals surface area contributed by atoms with E-state index in [2.05, 4.69) is 20.5 Å². The molecule has 0 bridgehead atoms. The predicted molar refractivity (Wildman–Crippen MR) is 159 cm³/mol. The number of hydrogen-bond donors (Lipinski definition) is 3. The van der Waals surface area contributed by atoms with E-state index in [1.54, 1.807) is 0 Å². The Morgan fingerprint density at radius 3 is 2.60 bits per heavy atom. The van der Waals surface area contributed by atoms with Gasteiger partial charge in [-0.1, -0.05) is 30.3 Å². The summed E-state index contributed by atoms with van der Waals surface area (Å²) in [4.78, 5) is 57.6. The molecule has 2 heterocycles. The SMILES string of the molecule is COCC1=NC(=O)N(C(=O)NCCN(C)C2CCNC(c3ccccc3CC(=O)O)C2)C(c2ccc(F)c(F)c2)C1C(=O)OC. The van der Waals surface area contributed by atoms with Crippen molar-refractivity contribution in [1.82, 2.24) is 20.4 Å². The number of esters is 1. The van der Waals surface area contributed by atoms with Crippen LogP contribution < -0.4 is 10.6 Å². The fourth-order valence-corrected chi connectivity index (χ4v) is 5.95. The molecule has 4 atom stereocenters. The fraction of sp³-hybridized carbons (Fsp3) is 0.452. The number of benzene rings is 2. The molecule has 242 valence electrons. The molecule has 14 heteroatoms. The van der Waals surface area contributed by atoms with E-state index in [0.717, 1.165) is 36.8 Å². The summed E-state index contributed by atoms with van der Waals surface area (Å²) in [5, 5.41) is 15.5. The highest BCUT2D eigenvalue weighted by Crippen LogP contribution is 2.36. The van der Waals surface area contributed by atoms with E-state index >= 15 is 0 Å². The largest absolute Gasteiger partial charge is 0.481 e. The minimum absolute atomic E-state index is 0.00246. The van der Waals surface area contributed by atoms with Gasteiger partial charge < -0.3 is 30.1 Å². The summed E-state index contributed by atoms with van der Waals surface area (Å²) in [5.41, 5.74) is 1.67. The molecule has 2 aliphatic rings. The average Bonchev–Trinajstić information content (AvgIpc) is 3.01. The van der Waals surface area contributed by atoms with E-state index in [9.17, 15) is 33.1 Å². The molecular formula is C31H37F2N5O7. The Kier molecular flexibility index (Phi) is 11.3. The number of aliphatic carboxylic acids is 1. The maximum absolute atomic E-state index is 14.3. The molecule has 4 unspecified atom stereocenters. The number of urea groups is 2. The lowest BCUT2D eigenvalue weighted by Crippen LogP contribution is -2.54. The van der Waals surface area contributed by atoms with Crippen LogP contribution in [0.15, 0.2) is 47.5 Å². The lowest BCUT2D eigenvalue weighted by molar-refractivity contribution is -0.144. The highest BCUT2D eigenvalue weighted by Gasteiger charge is 2.47. The van der Waals surface area contributed by atoms with Crippen LogP contribution in [0.25, 0.3) is 0 Å². The standard InChI is InChI=1S/C31H37F2N5O7/c1-37(20-10-11-34-24(16-20)21-7-5-4-6-18(21)15-26(39)40)13-12-35-30(42)38-28(19-8-9-22(32)23(33)14-19)27(29(41)45-3)25(17-44-2)36-31(38)43/h4-9,14,20,24,27-28,34H,10-13,15-17H2,1-3H3,(H,35,42)(H,39,40). The number of piperidine rings is 1. The molecule has 2 aliphatic heterocycles. The minimum atomic E-state index is -1.38. The molecular weight excluding hydrogens is 592 g/mol. The number of methoxy groups -OCH3 is 2. The maximum atomic E-state index is 14.3. The molecule has 2 aromatic rings. The second-order valence-electron chi connectivity index (χ2n) is 11.0. The van der Waals surface area contributed by atoms with Crippen LogP contribution in [0.5, 0.6) is 0 Å². The number of amides is 4. The van der Waals surface area contributed by atoms with E-state index in [-0.39, 0.29) is 42.9 Å². The lowest BCUT2D eigenvalue weighted by atomic mass is 9.86. The van der Waals surface area contributed by atoms with E-state index < -0.39 is 47.6 Å². The van der Waals surface area contributed by atoms with Crippen molar-refractivity contribution in [3.8, 4) is 0 Å². The Morgan fingerprint density at radius 2 is 1.91 bits per heavy atom. The van der Waals surface area contributed by atoms with Crippen LogP contribution in [0.1, 0.15) is 41.6 Å². The first kappa shape index (κ1) is 33.6. The quantitative estimate of drug-likeness (QED) is 0.319. The molecule has 0 radical (unpaired) electrons. The van der Waals surface area contributed by atoms with Crippen molar-refractivity contribution < 1.29 is 42.5 Å². The van der Waals surface area contributed by atoms with E-state index in [1.807, 2.05) is 31.3 Å². The third kappa shape index (κ3) is 7.88. The zero-order chi connectivity index (χ0) is 32.7. The van der Waals surface area contributed by atoms with E-state index in [1.165, 1.54) is 13.2 Å². The van der Waals surface area contributed by atoms with Crippen LogP contribution in [-0.4, -0.2) is 98.2 Å². The number of carbonyl (C=O) groups is 4. The number of aliphatic imine (C=N–C) groups is 1. The number of ether oxygens (including phenoxy) is 2. The lowest BCUT2D eigenvalue weighted by Gasteiger charge is -2.38. The second-order valence-corrected chi connectivity index (χ2v) is 11.0. The molecule has 45 heavy (non-hydrogen) atoms. The summed E-state index contributed by atoms with van der Waals surface area (Å²) >= 11 is 0. The molecule has 3 N–H and O–H groups in total. The van der Waals surface area contributed by atoms with Gasteiger partial charge in [0.05, 0.1) is 31.9 Å². The van der Waals surface area contributed by atoms with E-state index in [4.69, 9.17) is 9.47 Å². The van der Waals surface area contributed by atoms with Gasteiger partial charge in [0.15, 0.2) is 11.6 Å². The molecule has 12 nitrogen and oxygen atoms in total. The number of carbonyl (C=O) groups excluding carboxylic acids is 3. The van der Waals surface area contributed by atoms with Gasteiger partial charge in [0.1, 0.15) is 5.92 Å². The van der Waals surface area contributed by atoms with Crippen molar-refractivity contribution in [3.63, 3.8) is 0 Å². The van der Waals surface area contributed by atoms with Crippen LogP contribution in [0.2, 0.25) is 0 Å². The first-order chi connectivity index (χ1) is 21.5. The molecule has 4 amide bonds. The van der Waals surface area contributed by atoms with Gasteiger partial charge in [0, 0.05) is 32.3 Å². The molecule has 4 rings (SSSR count). The molecule has 1 saturated heterocycles.